The Kier molecular flexibility index (Phi) is 13.9. The van der Waals surface area contributed by atoms with E-state index < -0.39 is 83.5 Å². The first-order valence-electron chi connectivity index (χ1n) is 20.1. The van der Waals surface area contributed by atoms with Crippen LogP contribution in [0.3, 0.4) is 0 Å². The Balaban J connectivity index is 0.978. The first-order chi connectivity index (χ1) is 29.3. The molecule has 18 nitrogen and oxygen atoms in total. The number of rotatable bonds is 14. The Morgan fingerprint density at radius 2 is 1.02 bits per heavy atom. The van der Waals surface area contributed by atoms with Crippen LogP contribution in [0.25, 0.3) is 21.9 Å². The number of aliphatic hydroxyl groups is 4. The molecule has 2 aliphatic rings. The van der Waals surface area contributed by atoms with Crippen molar-refractivity contribution in [3.8, 4) is 11.5 Å². The lowest BCUT2D eigenvalue weighted by Gasteiger charge is -2.46. The van der Waals surface area contributed by atoms with Gasteiger partial charge in [-0.2, -0.15) is 0 Å². The highest BCUT2D eigenvalue weighted by Crippen LogP contribution is 2.37. The van der Waals surface area contributed by atoms with E-state index in [1.54, 1.807) is 78.0 Å². The second kappa shape index (κ2) is 18.7. The van der Waals surface area contributed by atoms with Gasteiger partial charge in [-0.1, -0.05) is 12.2 Å². The quantitative estimate of drug-likeness (QED) is 0.0780. The molecular formula is C44H54N2O16. The highest BCUT2D eigenvalue weighted by atomic mass is 16.7. The fourth-order valence-corrected chi connectivity index (χ4v) is 7.79. The smallest absolute Gasteiger partial charge is 0.360 e. The molecule has 6 rings (SSSR count). The maximum atomic E-state index is 12.9. The maximum absolute atomic E-state index is 12.9. The van der Waals surface area contributed by atoms with Crippen LogP contribution in [0.4, 0.5) is 11.4 Å². The molecule has 0 unspecified atom stereocenters. The van der Waals surface area contributed by atoms with Crippen molar-refractivity contribution in [2.75, 3.05) is 24.9 Å². The number of benzene rings is 2. The summed E-state index contributed by atoms with van der Waals surface area (Å²) in [6.07, 6.45) is -5.31. The number of ether oxygens (including phenoxy) is 6. The number of fused-ring (bicyclic) bond motifs is 2. The zero-order chi connectivity index (χ0) is 45.3. The van der Waals surface area contributed by atoms with Crippen LogP contribution >= 0.6 is 0 Å². The van der Waals surface area contributed by atoms with Crippen molar-refractivity contribution >= 4 is 45.1 Å². The molecule has 336 valence electrons. The summed E-state index contributed by atoms with van der Waals surface area (Å²) in [7, 11) is 2.82. The zero-order valence-corrected chi connectivity index (χ0v) is 35.8. The second-order valence-electron chi connectivity index (χ2n) is 16.4. The first-order valence-corrected chi connectivity index (χ1v) is 20.1. The van der Waals surface area contributed by atoms with E-state index in [1.165, 1.54) is 26.4 Å². The number of anilines is 2. The van der Waals surface area contributed by atoms with Crippen LogP contribution < -0.4 is 31.4 Å². The predicted octanol–water partition coefficient (Wildman–Crippen LogP) is 3.71. The van der Waals surface area contributed by atoms with E-state index >= 15 is 0 Å². The number of hydrogen-bond acceptors (Lipinski definition) is 16. The van der Waals surface area contributed by atoms with Crippen molar-refractivity contribution in [3.05, 3.63) is 80.5 Å². The average molecular weight is 867 g/mol. The molecule has 0 saturated carbocycles. The van der Waals surface area contributed by atoms with Crippen LogP contribution in [0.15, 0.2) is 67.0 Å². The SMILES string of the molecule is CO[C@@H]1[C@@H](O)[C@@H](O)[C@H](Oc2ccc3cc(NC(=O)CC/C=C/CCC(=O)Nc4cc5ccc(O[C@@H]6OC(C)(C)[C@H](OC)[C@@H](O)[C@H]6O)c(C)c5oc4=O)c(=O)oc3c2C)OC1(C)C. The molecule has 0 radical (unpaired) electrons. The third-order valence-corrected chi connectivity index (χ3v) is 11.1. The van der Waals surface area contributed by atoms with Crippen molar-refractivity contribution in [1.82, 2.24) is 0 Å². The fraction of sp³-hybridized carbons (Fsp3) is 0.500. The van der Waals surface area contributed by atoms with E-state index in [1.807, 2.05) is 0 Å². The van der Waals surface area contributed by atoms with Gasteiger partial charge in [0.05, 0.1) is 11.2 Å². The summed E-state index contributed by atoms with van der Waals surface area (Å²) >= 11 is 0. The van der Waals surface area contributed by atoms with E-state index in [0.717, 1.165) is 0 Å². The molecule has 2 aliphatic heterocycles. The van der Waals surface area contributed by atoms with Crippen LogP contribution in [0.1, 0.15) is 64.5 Å². The molecule has 0 bridgehead atoms. The molecule has 2 aromatic carbocycles. The van der Waals surface area contributed by atoms with Gasteiger partial charge >= 0.3 is 11.3 Å². The average Bonchev–Trinajstić information content (AvgIpc) is 3.20. The lowest BCUT2D eigenvalue weighted by Crippen LogP contribution is -2.63. The van der Waals surface area contributed by atoms with Crippen molar-refractivity contribution in [2.24, 2.45) is 0 Å². The van der Waals surface area contributed by atoms with Gasteiger partial charge in [-0.15, -0.1) is 0 Å². The summed E-state index contributed by atoms with van der Waals surface area (Å²) in [5.74, 6) is -0.365. The van der Waals surface area contributed by atoms with Gasteiger partial charge in [0.15, 0.2) is 0 Å². The van der Waals surface area contributed by atoms with Crippen LogP contribution in [0.2, 0.25) is 0 Å². The monoisotopic (exact) mass is 866 g/mol. The minimum Gasteiger partial charge on any atom is -0.462 e. The molecule has 18 heteroatoms. The third-order valence-electron chi connectivity index (χ3n) is 11.1. The highest BCUT2D eigenvalue weighted by Gasteiger charge is 2.51. The summed E-state index contributed by atoms with van der Waals surface area (Å²) in [5.41, 5.74) is -2.37. The van der Waals surface area contributed by atoms with Crippen LogP contribution in [0, 0.1) is 13.8 Å². The molecule has 2 amide bonds. The van der Waals surface area contributed by atoms with Gasteiger partial charge in [-0.05, 0) is 90.8 Å². The summed E-state index contributed by atoms with van der Waals surface area (Å²) in [4.78, 5) is 51.2. The molecule has 4 heterocycles. The Morgan fingerprint density at radius 1 is 0.645 bits per heavy atom. The number of carbonyl (C=O) groups excluding carboxylic acids is 2. The number of methoxy groups -OCH3 is 2. The lowest BCUT2D eigenvalue weighted by atomic mass is 9.89. The minimum atomic E-state index is -1.42. The summed E-state index contributed by atoms with van der Waals surface area (Å²) in [5, 5.41) is 48.6. The maximum Gasteiger partial charge on any atom is 0.360 e. The Hall–Kier alpha value is -5.18. The molecule has 2 fully saturated rings. The van der Waals surface area contributed by atoms with E-state index in [9.17, 15) is 39.6 Å². The van der Waals surface area contributed by atoms with Crippen LogP contribution in [0.5, 0.6) is 11.5 Å². The van der Waals surface area contributed by atoms with Gasteiger partial charge in [0.25, 0.3) is 0 Å². The Bertz CT molecular complexity index is 2270. The number of aliphatic hydroxyl groups excluding tert-OH is 4. The van der Waals surface area contributed by atoms with Gasteiger partial charge in [0, 0.05) is 49.0 Å². The molecule has 6 N–H and O–H groups in total. The first kappa shape index (κ1) is 46.3. The Labute approximate surface area is 356 Å². The van der Waals surface area contributed by atoms with Crippen molar-refractivity contribution in [1.29, 1.82) is 0 Å². The van der Waals surface area contributed by atoms with Crippen LogP contribution in [-0.4, -0.2) is 107 Å². The topological polar surface area (TPSA) is 255 Å². The van der Waals surface area contributed by atoms with Crippen molar-refractivity contribution in [3.63, 3.8) is 0 Å². The molecule has 8 atom stereocenters. The number of amides is 2. The van der Waals surface area contributed by atoms with E-state index in [2.05, 4.69) is 10.6 Å². The van der Waals surface area contributed by atoms with Crippen molar-refractivity contribution < 1.29 is 67.3 Å². The van der Waals surface area contributed by atoms with Gasteiger partial charge in [0.1, 0.15) is 70.7 Å². The molecule has 2 aromatic heterocycles. The molecule has 2 saturated heterocycles. The second-order valence-corrected chi connectivity index (χ2v) is 16.4. The predicted molar refractivity (Wildman–Crippen MR) is 224 cm³/mol. The fourth-order valence-electron chi connectivity index (χ4n) is 7.79. The number of carbonyl (C=O) groups is 2. The third kappa shape index (κ3) is 9.72. The highest BCUT2D eigenvalue weighted by molar-refractivity contribution is 5.94. The Morgan fingerprint density at radius 3 is 1.37 bits per heavy atom. The standard InChI is InChI=1S/C44H54N2O16/c1-21-27(57-41-33(51)31(49)37(55-7)43(3,4)61-41)17-15-23-19-25(39(53)59-35(21)23)45-29(47)13-11-9-10-12-14-30(48)46-26-20-24-16-18-28(22(2)36(24)60-40(26)54)58-42-34(52)32(50)38(56-8)44(5,6)62-42/h9-10,15-20,31-34,37-38,41-42,49-52H,11-14H2,1-8H3,(H,45,47)(H,46,48)/b10-9+/t31-,32-,33+,34+,37+,38+,41+,42+/m0/s1. The number of aryl methyl sites for hydroxylation is 2. The van der Waals surface area contributed by atoms with Gasteiger partial charge in [-0.25, -0.2) is 9.59 Å². The molecule has 4 aromatic rings. The molecule has 0 aliphatic carbocycles. The van der Waals surface area contributed by atoms with Gasteiger partial charge < -0.3 is 68.3 Å². The lowest BCUT2D eigenvalue weighted by molar-refractivity contribution is -0.306. The minimum absolute atomic E-state index is 0.0363. The summed E-state index contributed by atoms with van der Waals surface area (Å²) in [6, 6.07) is 9.42. The number of hydrogen-bond donors (Lipinski definition) is 6. The van der Waals surface area contributed by atoms with E-state index in [0.29, 0.717) is 34.7 Å². The van der Waals surface area contributed by atoms with Gasteiger partial charge in [0.2, 0.25) is 24.4 Å². The number of nitrogens with one attached hydrogen (secondary N) is 2. The van der Waals surface area contributed by atoms with Crippen molar-refractivity contribution in [2.45, 2.75) is 128 Å². The molecular weight excluding hydrogens is 812 g/mol. The summed E-state index contributed by atoms with van der Waals surface area (Å²) < 4.78 is 45.4. The molecule has 62 heavy (non-hydrogen) atoms. The van der Waals surface area contributed by atoms with E-state index in [4.69, 9.17) is 37.3 Å². The number of allylic oxidation sites excluding steroid dienone is 2. The normalized spacial score (nSPS) is 25.8. The zero-order valence-electron chi connectivity index (χ0n) is 35.8. The largest absolute Gasteiger partial charge is 0.462 e. The van der Waals surface area contributed by atoms with Gasteiger partial charge in [-0.3, -0.25) is 9.59 Å². The van der Waals surface area contributed by atoms with E-state index in [-0.39, 0.29) is 46.9 Å². The summed E-state index contributed by atoms with van der Waals surface area (Å²) in [6.45, 7) is 10.1. The molecule has 0 spiro atoms. The van der Waals surface area contributed by atoms with Crippen LogP contribution in [-0.2, 0) is 28.5 Å².